The normalized spacial score (nSPS) is 14.8. The summed E-state index contributed by atoms with van der Waals surface area (Å²) in [5.41, 5.74) is 0. The number of aliphatic carboxylic acids is 1. The monoisotopic (exact) mass is 365 g/mol. The van der Waals surface area contributed by atoms with Gasteiger partial charge in [0.15, 0.2) is 0 Å². The van der Waals surface area contributed by atoms with Gasteiger partial charge < -0.3 is 14.6 Å². The minimum absolute atomic E-state index is 0.238. The van der Waals surface area contributed by atoms with Crippen LogP contribution in [-0.2, 0) is 14.3 Å². The van der Waals surface area contributed by atoms with Gasteiger partial charge in [-0.25, -0.2) is 0 Å². The van der Waals surface area contributed by atoms with Crippen LogP contribution in [0.1, 0.15) is 26.7 Å². The summed E-state index contributed by atoms with van der Waals surface area (Å²) in [7, 11) is 1.58. The predicted molar refractivity (Wildman–Crippen MR) is 95.4 cm³/mol. The van der Waals surface area contributed by atoms with Crippen LogP contribution in [0.5, 0.6) is 0 Å². The quantitative estimate of drug-likeness (QED) is 0.442. The second-order valence-corrected chi connectivity index (χ2v) is 8.73. The number of carbonyl (C=O) groups is 1. The molecule has 0 bridgehead atoms. The van der Waals surface area contributed by atoms with Crippen molar-refractivity contribution in [3.05, 3.63) is 0 Å². The van der Waals surface area contributed by atoms with Crippen molar-refractivity contribution in [3.8, 4) is 6.07 Å². The molecule has 0 heterocycles. The van der Waals surface area contributed by atoms with Crippen LogP contribution in [-0.4, -0.2) is 52.0 Å². The molecule has 0 amide bonds. The Balaban J connectivity index is 4.52. The molecule has 126 valence electrons. The van der Waals surface area contributed by atoms with E-state index < -0.39 is 16.6 Å². The number of methoxy groups -OCH3 is 1. The van der Waals surface area contributed by atoms with Crippen LogP contribution in [0.3, 0.4) is 0 Å². The Morgan fingerprint density at radius 1 is 1.45 bits per heavy atom. The van der Waals surface area contributed by atoms with Gasteiger partial charge >= 0.3 is 5.97 Å². The first-order valence-electron chi connectivity index (χ1n) is 6.95. The summed E-state index contributed by atoms with van der Waals surface area (Å²) in [6.45, 7) is 4.97. The van der Waals surface area contributed by atoms with Crippen LogP contribution in [0.4, 0.5) is 0 Å². The lowest BCUT2D eigenvalue weighted by molar-refractivity contribution is -0.142. The highest BCUT2D eigenvalue weighted by atomic mass is 32.2. The molecule has 2 unspecified atom stereocenters. The van der Waals surface area contributed by atoms with Gasteiger partial charge in [0, 0.05) is 13.7 Å². The van der Waals surface area contributed by atoms with Crippen molar-refractivity contribution in [1.29, 1.82) is 5.26 Å². The van der Waals surface area contributed by atoms with E-state index in [0.717, 1.165) is 5.75 Å². The van der Waals surface area contributed by atoms with E-state index in [9.17, 15) is 15.2 Å². The van der Waals surface area contributed by atoms with E-state index >= 15 is 0 Å². The van der Waals surface area contributed by atoms with E-state index in [4.69, 9.17) is 21.7 Å². The third-order valence-electron chi connectivity index (χ3n) is 2.83. The summed E-state index contributed by atoms with van der Waals surface area (Å²) in [6.07, 6.45) is 0.603. The first kappa shape index (κ1) is 21.7. The fourth-order valence-electron chi connectivity index (χ4n) is 1.69. The molecule has 0 saturated heterocycles. The maximum Gasteiger partial charge on any atom is 0.306 e. The standard InChI is InChI=1S/C14H23NO4S3/c1-4-21-13(20)22-14(2,10-15)9-11(12(16)17)5-6-19-8-7-18-3/h11H,4-9H2,1-3H3,(H,16,17). The van der Waals surface area contributed by atoms with E-state index in [1.54, 1.807) is 14.0 Å². The molecule has 0 aliphatic heterocycles. The van der Waals surface area contributed by atoms with Crippen molar-refractivity contribution in [2.24, 2.45) is 5.92 Å². The van der Waals surface area contributed by atoms with Crippen LogP contribution < -0.4 is 0 Å². The molecule has 0 aromatic heterocycles. The molecule has 0 aliphatic carbocycles. The zero-order valence-electron chi connectivity index (χ0n) is 13.2. The van der Waals surface area contributed by atoms with Gasteiger partial charge in [0.25, 0.3) is 0 Å². The molecule has 1 N–H and O–H groups in total. The Morgan fingerprint density at radius 2 is 2.14 bits per heavy atom. The van der Waals surface area contributed by atoms with Crippen LogP contribution in [0, 0.1) is 17.2 Å². The number of nitrogens with zero attached hydrogens (tertiary/aromatic N) is 1. The average molecular weight is 366 g/mol. The van der Waals surface area contributed by atoms with Gasteiger partial charge in [0.1, 0.15) is 8.28 Å². The molecule has 0 aromatic rings. The molecule has 0 rings (SSSR count). The first-order chi connectivity index (χ1) is 10.4. The fourth-order valence-corrected chi connectivity index (χ4v) is 4.67. The van der Waals surface area contributed by atoms with Crippen LogP contribution in [0.2, 0.25) is 0 Å². The van der Waals surface area contributed by atoms with E-state index in [0.29, 0.717) is 29.8 Å². The summed E-state index contributed by atoms with van der Waals surface area (Å²) < 4.78 is 10.0. The topological polar surface area (TPSA) is 79.5 Å². The van der Waals surface area contributed by atoms with Crippen LogP contribution in [0.25, 0.3) is 0 Å². The molecule has 0 aromatic carbocycles. The third-order valence-corrected chi connectivity index (χ3v) is 5.44. The lowest BCUT2D eigenvalue weighted by Gasteiger charge is -2.24. The van der Waals surface area contributed by atoms with Crippen molar-refractivity contribution in [1.82, 2.24) is 0 Å². The first-order valence-corrected chi connectivity index (χ1v) is 9.16. The van der Waals surface area contributed by atoms with Crippen LogP contribution in [0.15, 0.2) is 0 Å². The van der Waals surface area contributed by atoms with Crippen molar-refractivity contribution < 1.29 is 19.4 Å². The Labute approximate surface area is 146 Å². The number of hydrogen-bond donors (Lipinski definition) is 1. The second-order valence-electron chi connectivity index (χ2n) is 4.76. The Morgan fingerprint density at radius 3 is 2.64 bits per heavy atom. The van der Waals surface area contributed by atoms with E-state index in [1.165, 1.54) is 23.5 Å². The second kappa shape index (κ2) is 12.1. The minimum Gasteiger partial charge on any atom is -0.481 e. The van der Waals surface area contributed by atoms with Gasteiger partial charge in [0.05, 0.1) is 25.2 Å². The molecular formula is C14H23NO4S3. The summed E-state index contributed by atoms with van der Waals surface area (Å²) >= 11 is 7.98. The van der Waals surface area contributed by atoms with Gasteiger partial charge in [-0.15, -0.1) is 11.8 Å². The van der Waals surface area contributed by atoms with Crippen LogP contribution >= 0.6 is 35.7 Å². The number of hydrogen-bond acceptors (Lipinski definition) is 7. The smallest absolute Gasteiger partial charge is 0.306 e. The maximum atomic E-state index is 11.4. The predicted octanol–water partition coefficient (Wildman–Crippen LogP) is 3.18. The molecule has 0 spiro atoms. The zero-order valence-corrected chi connectivity index (χ0v) is 15.6. The molecule has 0 fully saturated rings. The number of carboxylic acids is 1. The average Bonchev–Trinajstić information content (AvgIpc) is 2.45. The van der Waals surface area contributed by atoms with Crippen molar-refractivity contribution >= 4 is 45.2 Å². The highest BCUT2D eigenvalue weighted by Gasteiger charge is 2.33. The molecule has 0 saturated carbocycles. The largest absolute Gasteiger partial charge is 0.481 e. The molecule has 2 atom stereocenters. The summed E-state index contributed by atoms with van der Waals surface area (Å²) in [4.78, 5) is 11.4. The molecule has 8 heteroatoms. The molecule has 0 aliphatic rings. The SMILES string of the molecule is CCSC(=S)SC(C)(C#N)CC(CCOCCOC)C(=O)O. The van der Waals surface area contributed by atoms with Crippen molar-refractivity contribution in [3.63, 3.8) is 0 Å². The number of thioether (sulfide) groups is 2. The van der Waals surface area contributed by atoms with E-state index in [2.05, 4.69) is 6.07 Å². The zero-order chi connectivity index (χ0) is 17.0. The molecule has 5 nitrogen and oxygen atoms in total. The summed E-state index contributed by atoms with van der Waals surface area (Å²) in [6, 6.07) is 2.20. The van der Waals surface area contributed by atoms with Crippen molar-refractivity contribution in [2.45, 2.75) is 31.4 Å². The van der Waals surface area contributed by atoms with Gasteiger partial charge in [-0.3, -0.25) is 4.79 Å². The highest BCUT2D eigenvalue weighted by Crippen LogP contribution is 2.36. The highest BCUT2D eigenvalue weighted by molar-refractivity contribution is 8.47. The lowest BCUT2D eigenvalue weighted by Crippen LogP contribution is -2.28. The van der Waals surface area contributed by atoms with Gasteiger partial charge in [0.2, 0.25) is 0 Å². The number of rotatable bonds is 11. The third kappa shape index (κ3) is 9.64. The lowest BCUT2D eigenvalue weighted by atomic mass is 9.93. The number of nitriles is 1. The molecule has 0 radical (unpaired) electrons. The van der Waals surface area contributed by atoms with E-state index in [1.807, 2.05) is 6.92 Å². The Bertz CT molecular complexity index is 400. The Kier molecular flexibility index (Phi) is 12.0. The number of carboxylic acid groups (broad SMARTS) is 1. The summed E-state index contributed by atoms with van der Waals surface area (Å²) in [5, 5.41) is 18.7. The molecule has 22 heavy (non-hydrogen) atoms. The number of ether oxygens (including phenoxy) is 2. The van der Waals surface area contributed by atoms with Gasteiger partial charge in [-0.2, -0.15) is 5.26 Å². The molecular weight excluding hydrogens is 342 g/mol. The maximum absolute atomic E-state index is 11.4. The number of thiocarbonyl (C=S) groups is 1. The summed E-state index contributed by atoms with van der Waals surface area (Å²) in [5.74, 6) is -0.705. The Hall–Kier alpha value is -0.330. The minimum atomic E-state index is -0.911. The fraction of sp³-hybridized carbons (Fsp3) is 0.786. The van der Waals surface area contributed by atoms with Gasteiger partial charge in [-0.1, -0.05) is 30.9 Å². The van der Waals surface area contributed by atoms with E-state index in [-0.39, 0.29) is 6.42 Å². The van der Waals surface area contributed by atoms with Crippen molar-refractivity contribution in [2.75, 3.05) is 32.7 Å². The van der Waals surface area contributed by atoms with Gasteiger partial charge in [-0.05, 0) is 25.5 Å².